The van der Waals surface area contributed by atoms with E-state index in [0.29, 0.717) is 23.1 Å². The van der Waals surface area contributed by atoms with Gasteiger partial charge in [-0.3, -0.25) is 9.78 Å². The third-order valence-electron chi connectivity index (χ3n) is 5.00. The first-order valence-corrected chi connectivity index (χ1v) is 11.5. The van der Waals surface area contributed by atoms with Crippen molar-refractivity contribution in [2.24, 2.45) is 0 Å². The van der Waals surface area contributed by atoms with Gasteiger partial charge in [-0.1, -0.05) is 23.7 Å². The molecule has 206 valence electrons. The van der Waals surface area contributed by atoms with Crippen LogP contribution in [0.2, 0.25) is 5.02 Å². The van der Waals surface area contributed by atoms with Crippen molar-refractivity contribution >= 4 is 35.2 Å². The second-order valence-electron chi connectivity index (χ2n) is 7.70. The lowest BCUT2D eigenvalue weighted by Crippen LogP contribution is -2.28. The Kier molecular flexibility index (Phi) is 9.55. The van der Waals surface area contributed by atoms with E-state index in [-0.39, 0.29) is 29.6 Å². The lowest BCUT2D eigenvalue weighted by molar-refractivity contribution is -0.143. The summed E-state index contributed by atoms with van der Waals surface area (Å²) in [5, 5.41) is 6.58. The molecular weight excluding hydrogens is 545 g/mol. The van der Waals surface area contributed by atoms with E-state index in [2.05, 4.69) is 25.7 Å². The number of benzene rings is 2. The zero-order chi connectivity index (χ0) is 28.6. The molecule has 3 N–H and O–H groups in total. The van der Waals surface area contributed by atoms with Crippen molar-refractivity contribution in [3.05, 3.63) is 76.6 Å². The standard InChI is InChI=1S/C25H22ClF3N4O6/c1-30-23(35)20-9-16(7-8-31-20)39-15-5-3-14(4-6-15)12-32-24(36)33-19-10-17(25(27,28)29)18(26)11-21(19)38-13-22(34)37-2/h3-11H,12-13H2,1-2H3,(H,30,35)(H2,32,33,36). The van der Waals surface area contributed by atoms with Gasteiger partial charge in [0, 0.05) is 31.9 Å². The van der Waals surface area contributed by atoms with Crippen LogP contribution in [0.5, 0.6) is 17.2 Å². The number of nitrogens with zero attached hydrogens (tertiary/aromatic N) is 1. The number of pyridine rings is 1. The van der Waals surface area contributed by atoms with Crippen molar-refractivity contribution in [1.29, 1.82) is 0 Å². The minimum Gasteiger partial charge on any atom is -0.480 e. The number of hydrogen-bond acceptors (Lipinski definition) is 7. The molecule has 0 saturated heterocycles. The number of carbonyl (C=O) groups excluding carboxylic acids is 3. The lowest BCUT2D eigenvalue weighted by atomic mass is 10.1. The van der Waals surface area contributed by atoms with Crippen molar-refractivity contribution in [1.82, 2.24) is 15.6 Å². The van der Waals surface area contributed by atoms with Gasteiger partial charge in [0.05, 0.1) is 23.4 Å². The number of nitrogens with one attached hydrogen (secondary N) is 3. The van der Waals surface area contributed by atoms with Gasteiger partial charge in [-0.2, -0.15) is 13.2 Å². The van der Waals surface area contributed by atoms with Gasteiger partial charge in [-0.15, -0.1) is 0 Å². The molecule has 0 unspecified atom stereocenters. The van der Waals surface area contributed by atoms with E-state index in [1.54, 1.807) is 30.3 Å². The summed E-state index contributed by atoms with van der Waals surface area (Å²) in [5.74, 6) is -0.572. The lowest BCUT2D eigenvalue weighted by Gasteiger charge is -2.17. The van der Waals surface area contributed by atoms with Gasteiger partial charge >= 0.3 is 18.2 Å². The van der Waals surface area contributed by atoms with Crippen molar-refractivity contribution in [3.8, 4) is 17.2 Å². The monoisotopic (exact) mass is 566 g/mol. The van der Waals surface area contributed by atoms with Gasteiger partial charge in [-0.25, -0.2) is 9.59 Å². The molecule has 2 aromatic carbocycles. The number of rotatable bonds is 9. The molecule has 0 fully saturated rings. The number of urea groups is 1. The quantitative estimate of drug-likeness (QED) is 0.318. The summed E-state index contributed by atoms with van der Waals surface area (Å²) in [6.45, 7) is -0.601. The normalized spacial score (nSPS) is 10.8. The minimum atomic E-state index is -4.80. The van der Waals surface area contributed by atoms with E-state index in [0.717, 1.165) is 13.2 Å². The summed E-state index contributed by atoms with van der Waals surface area (Å²) in [6, 6.07) is 10.2. The first-order chi connectivity index (χ1) is 18.5. The van der Waals surface area contributed by atoms with Gasteiger partial charge in [0.15, 0.2) is 6.61 Å². The van der Waals surface area contributed by atoms with Gasteiger partial charge in [-0.05, 0) is 29.8 Å². The topological polar surface area (TPSA) is 128 Å². The number of carbonyl (C=O) groups is 3. The summed E-state index contributed by atoms with van der Waals surface area (Å²) < 4.78 is 55.3. The van der Waals surface area contributed by atoms with E-state index in [1.165, 1.54) is 19.3 Å². The van der Waals surface area contributed by atoms with E-state index in [1.807, 2.05) is 0 Å². The molecule has 0 aliphatic carbocycles. The number of hydrogen-bond donors (Lipinski definition) is 3. The first kappa shape index (κ1) is 29.0. The third-order valence-corrected chi connectivity index (χ3v) is 5.31. The third kappa shape index (κ3) is 8.23. The number of methoxy groups -OCH3 is 1. The number of amides is 3. The molecule has 0 spiro atoms. The summed E-state index contributed by atoms with van der Waals surface area (Å²) in [6.07, 6.45) is -3.37. The summed E-state index contributed by atoms with van der Waals surface area (Å²) >= 11 is 5.73. The molecule has 3 aromatic rings. The molecule has 14 heteroatoms. The summed E-state index contributed by atoms with van der Waals surface area (Å²) in [7, 11) is 2.59. The van der Waals surface area contributed by atoms with Crippen LogP contribution in [0, 0.1) is 0 Å². The van der Waals surface area contributed by atoms with Crippen molar-refractivity contribution < 1.29 is 41.8 Å². The highest BCUT2D eigenvalue weighted by molar-refractivity contribution is 6.31. The Labute approximate surface area is 225 Å². The second kappa shape index (κ2) is 12.8. The smallest absolute Gasteiger partial charge is 0.417 e. The Balaban J connectivity index is 1.65. The summed E-state index contributed by atoms with van der Waals surface area (Å²) in [5.41, 5.74) is -0.723. The molecule has 3 amide bonds. The van der Waals surface area contributed by atoms with Crippen LogP contribution >= 0.6 is 11.6 Å². The Bertz CT molecular complexity index is 1350. The fourth-order valence-corrected chi connectivity index (χ4v) is 3.33. The Morgan fingerprint density at radius 3 is 2.38 bits per heavy atom. The predicted octanol–water partition coefficient (Wildman–Crippen LogP) is 4.78. The predicted molar refractivity (Wildman–Crippen MR) is 134 cm³/mol. The van der Waals surface area contributed by atoms with E-state index >= 15 is 0 Å². The van der Waals surface area contributed by atoms with Gasteiger partial charge in [0.2, 0.25) is 0 Å². The van der Waals surface area contributed by atoms with Gasteiger partial charge in [0.1, 0.15) is 22.9 Å². The number of ether oxygens (including phenoxy) is 3. The number of anilines is 1. The highest BCUT2D eigenvalue weighted by atomic mass is 35.5. The number of halogens is 4. The van der Waals surface area contributed by atoms with E-state index < -0.39 is 35.4 Å². The SMILES string of the molecule is CNC(=O)c1cc(Oc2ccc(CNC(=O)Nc3cc(C(F)(F)F)c(Cl)cc3OCC(=O)OC)cc2)ccn1. The van der Waals surface area contributed by atoms with Gasteiger partial charge in [0.25, 0.3) is 5.91 Å². The molecule has 0 radical (unpaired) electrons. The van der Waals surface area contributed by atoms with E-state index in [4.69, 9.17) is 21.1 Å². The molecule has 1 aromatic heterocycles. The molecule has 0 aliphatic heterocycles. The highest BCUT2D eigenvalue weighted by Gasteiger charge is 2.34. The molecular formula is C25H22ClF3N4O6. The van der Waals surface area contributed by atoms with Crippen molar-refractivity contribution in [2.75, 3.05) is 26.1 Å². The van der Waals surface area contributed by atoms with Crippen LogP contribution in [-0.2, 0) is 22.3 Å². The van der Waals surface area contributed by atoms with Crippen molar-refractivity contribution in [3.63, 3.8) is 0 Å². The van der Waals surface area contributed by atoms with Crippen LogP contribution in [0.1, 0.15) is 21.6 Å². The molecule has 0 saturated carbocycles. The zero-order valence-electron chi connectivity index (χ0n) is 20.5. The number of aromatic nitrogens is 1. The van der Waals surface area contributed by atoms with Crippen molar-refractivity contribution in [2.45, 2.75) is 12.7 Å². The average Bonchev–Trinajstić information content (AvgIpc) is 2.91. The fraction of sp³-hybridized carbons (Fsp3) is 0.200. The Hall–Kier alpha value is -4.52. The number of alkyl halides is 3. The largest absolute Gasteiger partial charge is 0.480 e. The summed E-state index contributed by atoms with van der Waals surface area (Å²) in [4.78, 5) is 39.5. The van der Waals surface area contributed by atoms with Crippen LogP contribution in [0.25, 0.3) is 0 Å². The minimum absolute atomic E-state index is 0.0141. The maximum Gasteiger partial charge on any atom is 0.417 e. The van der Waals surface area contributed by atoms with Crippen LogP contribution < -0.4 is 25.4 Å². The molecule has 3 rings (SSSR count). The first-order valence-electron chi connectivity index (χ1n) is 11.1. The molecule has 39 heavy (non-hydrogen) atoms. The van der Waals surface area contributed by atoms with Crippen LogP contribution in [0.4, 0.5) is 23.7 Å². The second-order valence-corrected chi connectivity index (χ2v) is 8.11. The number of esters is 1. The molecule has 0 bridgehead atoms. The molecule has 10 nitrogen and oxygen atoms in total. The van der Waals surface area contributed by atoms with Crippen LogP contribution in [-0.4, -0.2) is 43.7 Å². The van der Waals surface area contributed by atoms with E-state index in [9.17, 15) is 27.6 Å². The van der Waals surface area contributed by atoms with Crippen LogP contribution in [0.3, 0.4) is 0 Å². The Morgan fingerprint density at radius 1 is 1.03 bits per heavy atom. The average molecular weight is 567 g/mol. The maximum absolute atomic E-state index is 13.3. The molecule has 1 heterocycles. The molecule has 0 atom stereocenters. The Morgan fingerprint density at radius 2 is 1.74 bits per heavy atom. The van der Waals surface area contributed by atoms with Crippen LogP contribution in [0.15, 0.2) is 54.7 Å². The maximum atomic E-state index is 13.3. The molecule has 0 aliphatic rings. The highest BCUT2D eigenvalue weighted by Crippen LogP contribution is 2.40. The van der Waals surface area contributed by atoms with Gasteiger partial charge < -0.3 is 30.2 Å². The zero-order valence-corrected chi connectivity index (χ0v) is 21.3. The fourth-order valence-electron chi connectivity index (χ4n) is 3.07.